The molecule has 5 nitrogen and oxygen atoms in total. The second kappa shape index (κ2) is 6.58. The van der Waals surface area contributed by atoms with E-state index in [2.05, 4.69) is 5.32 Å². The van der Waals surface area contributed by atoms with E-state index in [4.69, 9.17) is 16.3 Å². The number of thiol groups is 1. The molecule has 1 aromatic rings. The predicted octanol–water partition coefficient (Wildman–Crippen LogP) is 0.686. The van der Waals surface area contributed by atoms with Crippen LogP contribution in [0.2, 0.25) is 5.02 Å². The molecule has 0 aliphatic rings. The number of benzene rings is 1. The maximum Gasteiger partial charge on any atom is 0.251 e. The number of carbonyl (C=O) groups is 1. The van der Waals surface area contributed by atoms with Gasteiger partial charge in [-0.2, -0.15) is 0 Å². The number of ether oxygens (including phenoxy) is 1. The average Bonchev–Trinajstić information content (AvgIpc) is 2.29. The number of methoxy groups -OCH3 is 1. The Balaban J connectivity index is 2.84. The maximum absolute atomic E-state index is 11.6. The van der Waals surface area contributed by atoms with E-state index >= 15 is 0 Å². The zero-order valence-electron chi connectivity index (χ0n) is 9.10. The van der Waals surface area contributed by atoms with Gasteiger partial charge in [0.2, 0.25) is 0 Å². The number of nitrogens with one attached hydrogen (secondary N) is 1. The van der Waals surface area contributed by atoms with Gasteiger partial charge in [0, 0.05) is 19.2 Å². The first-order valence-electron chi connectivity index (χ1n) is 4.77. The van der Waals surface area contributed by atoms with Crippen LogP contribution in [-0.4, -0.2) is 34.6 Å². The van der Waals surface area contributed by atoms with Crippen molar-refractivity contribution < 1.29 is 17.9 Å². The fraction of sp³-hybridized carbons (Fsp3) is 0.300. The van der Waals surface area contributed by atoms with Crippen LogP contribution in [0.25, 0.3) is 0 Å². The lowest BCUT2D eigenvalue weighted by Crippen LogP contribution is -2.26. The highest BCUT2D eigenvalue weighted by Crippen LogP contribution is 2.18. The Kier molecular flexibility index (Phi) is 5.40. The largest absolute Gasteiger partial charge is 0.383 e. The minimum Gasteiger partial charge on any atom is -0.383 e. The third kappa shape index (κ3) is 3.99. The summed E-state index contributed by atoms with van der Waals surface area (Å²) in [5.74, 6) is -0.364. The highest BCUT2D eigenvalue weighted by atomic mass is 35.5. The fourth-order valence-electron chi connectivity index (χ4n) is 1.16. The van der Waals surface area contributed by atoms with Crippen molar-refractivity contribution >= 4 is 28.2 Å². The fourth-order valence-corrected chi connectivity index (χ4v) is 1.98. The highest BCUT2D eigenvalue weighted by molar-refractivity contribution is 7.72. The molecule has 0 aliphatic carbocycles. The Bertz CT molecular complexity index is 479. The maximum atomic E-state index is 11.6. The Morgan fingerprint density at radius 3 is 2.76 bits per heavy atom. The first-order chi connectivity index (χ1) is 8.06. The lowest BCUT2D eigenvalue weighted by atomic mass is 10.2. The Hall–Kier alpha value is -1.11. The van der Waals surface area contributed by atoms with E-state index in [0.29, 0.717) is 13.2 Å². The summed E-state index contributed by atoms with van der Waals surface area (Å²) in [5.41, 5.74) is 0.250. The van der Waals surface area contributed by atoms with Crippen molar-refractivity contribution in [1.82, 2.24) is 5.32 Å². The molecular formula is C10H12ClNO4S. The minimum absolute atomic E-state index is 0.0546. The first kappa shape index (κ1) is 14.0. The van der Waals surface area contributed by atoms with Crippen LogP contribution < -0.4 is 5.32 Å². The van der Waals surface area contributed by atoms with Gasteiger partial charge in [0.25, 0.3) is 5.91 Å². The van der Waals surface area contributed by atoms with E-state index in [-0.39, 0.29) is 21.4 Å². The molecule has 0 spiro atoms. The van der Waals surface area contributed by atoms with Crippen LogP contribution in [0, 0.1) is 0 Å². The molecule has 0 bridgehead atoms. The highest BCUT2D eigenvalue weighted by Gasteiger charge is 2.09. The van der Waals surface area contributed by atoms with Gasteiger partial charge in [0.1, 0.15) is 0 Å². The summed E-state index contributed by atoms with van der Waals surface area (Å²) < 4.78 is 26.5. The molecule has 0 radical (unpaired) electrons. The Labute approximate surface area is 106 Å². The number of hydrogen-bond donors (Lipinski definition) is 2. The standard InChI is InChI=1S/C10H12ClNO4S/c1-16-5-4-12-10(13)7-2-3-8(11)9(6-7)17(14)15/h2-3,6,17H,4-5H2,1H3,(H,12,13). The van der Waals surface area contributed by atoms with E-state index in [1.807, 2.05) is 0 Å². The molecule has 0 saturated heterocycles. The van der Waals surface area contributed by atoms with Crippen LogP contribution in [0.1, 0.15) is 10.4 Å². The second-order valence-electron chi connectivity index (χ2n) is 3.17. The molecule has 1 amide bonds. The average molecular weight is 278 g/mol. The lowest BCUT2D eigenvalue weighted by molar-refractivity contribution is 0.0937. The molecular weight excluding hydrogens is 266 g/mol. The Morgan fingerprint density at radius 2 is 2.18 bits per heavy atom. The van der Waals surface area contributed by atoms with E-state index in [9.17, 15) is 13.2 Å². The quantitative estimate of drug-likeness (QED) is 0.613. The summed E-state index contributed by atoms with van der Waals surface area (Å²) in [5, 5.41) is 2.69. The molecule has 0 saturated carbocycles. The summed E-state index contributed by atoms with van der Waals surface area (Å²) in [6, 6.07) is 4.09. The van der Waals surface area contributed by atoms with Crippen molar-refractivity contribution in [1.29, 1.82) is 0 Å². The zero-order chi connectivity index (χ0) is 12.8. The third-order valence-corrected chi connectivity index (χ3v) is 3.22. The van der Waals surface area contributed by atoms with Crippen molar-refractivity contribution in [2.45, 2.75) is 4.90 Å². The molecule has 1 aromatic carbocycles. The van der Waals surface area contributed by atoms with Crippen LogP contribution >= 0.6 is 11.6 Å². The van der Waals surface area contributed by atoms with Crippen LogP contribution in [-0.2, 0) is 15.4 Å². The Morgan fingerprint density at radius 1 is 1.47 bits per heavy atom. The van der Waals surface area contributed by atoms with Gasteiger partial charge in [-0.25, -0.2) is 8.42 Å². The van der Waals surface area contributed by atoms with Crippen LogP contribution in [0.15, 0.2) is 23.1 Å². The van der Waals surface area contributed by atoms with Gasteiger partial charge in [0.05, 0.1) is 16.5 Å². The number of rotatable bonds is 5. The smallest absolute Gasteiger partial charge is 0.251 e. The molecule has 0 aliphatic heterocycles. The summed E-state index contributed by atoms with van der Waals surface area (Å²) in [7, 11) is -1.29. The molecule has 1 rings (SSSR count). The third-order valence-electron chi connectivity index (χ3n) is 2.00. The van der Waals surface area contributed by atoms with Crippen molar-refractivity contribution in [3.8, 4) is 0 Å². The molecule has 94 valence electrons. The van der Waals surface area contributed by atoms with Crippen molar-refractivity contribution in [3.05, 3.63) is 28.8 Å². The topological polar surface area (TPSA) is 72.5 Å². The van der Waals surface area contributed by atoms with Gasteiger partial charge < -0.3 is 10.1 Å². The second-order valence-corrected chi connectivity index (χ2v) is 4.58. The van der Waals surface area contributed by atoms with E-state index in [1.54, 1.807) is 0 Å². The lowest BCUT2D eigenvalue weighted by Gasteiger charge is -2.05. The van der Waals surface area contributed by atoms with Crippen molar-refractivity contribution in [2.75, 3.05) is 20.3 Å². The molecule has 1 N–H and O–H groups in total. The van der Waals surface area contributed by atoms with Gasteiger partial charge in [-0.15, -0.1) is 0 Å². The summed E-state index contributed by atoms with van der Waals surface area (Å²) in [4.78, 5) is 11.5. The zero-order valence-corrected chi connectivity index (χ0v) is 10.8. The van der Waals surface area contributed by atoms with E-state index in [1.165, 1.54) is 25.3 Å². The summed E-state index contributed by atoms with van der Waals surface area (Å²) >= 11 is 5.69. The van der Waals surface area contributed by atoms with Crippen LogP contribution in [0.5, 0.6) is 0 Å². The van der Waals surface area contributed by atoms with E-state index in [0.717, 1.165) is 0 Å². The van der Waals surface area contributed by atoms with Gasteiger partial charge in [-0.05, 0) is 18.2 Å². The van der Waals surface area contributed by atoms with Crippen LogP contribution in [0.3, 0.4) is 0 Å². The van der Waals surface area contributed by atoms with E-state index < -0.39 is 10.7 Å². The van der Waals surface area contributed by atoms with Gasteiger partial charge >= 0.3 is 0 Å². The summed E-state index contributed by atoms with van der Waals surface area (Å²) in [6.45, 7) is 0.749. The summed E-state index contributed by atoms with van der Waals surface area (Å²) in [6.07, 6.45) is 0. The number of hydrogen-bond acceptors (Lipinski definition) is 4. The number of amides is 1. The molecule has 0 unspecified atom stereocenters. The molecule has 7 heteroatoms. The van der Waals surface area contributed by atoms with Gasteiger partial charge in [-0.3, -0.25) is 4.79 Å². The molecule has 0 atom stereocenters. The molecule has 0 heterocycles. The minimum atomic E-state index is -2.81. The molecule has 0 aromatic heterocycles. The SMILES string of the molecule is COCCNC(=O)c1ccc(Cl)c([SH](=O)=O)c1. The van der Waals surface area contributed by atoms with Gasteiger partial charge in [0.15, 0.2) is 10.7 Å². The molecule has 0 fully saturated rings. The predicted molar refractivity (Wildman–Crippen MR) is 64.2 cm³/mol. The normalized spacial score (nSPS) is 10.5. The van der Waals surface area contributed by atoms with Crippen molar-refractivity contribution in [2.24, 2.45) is 0 Å². The number of halogens is 1. The first-order valence-corrected chi connectivity index (χ1v) is 6.33. The van der Waals surface area contributed by atoms with Gasteiger partial charge in [-0.1, -0.05) is 11.6 Å². The van der Waals surface area contributed by atoms with Crippen LogP contribution in [0.4, 0.5) is 0 Å². The van der Waals surface area contributed by atoms with Crippen molar-refractivity contribution in [3.63, 3.8) is 0 Å². The molecule has 17 heavy (non-hydrogen) atoms. The number of carbonyl (C=O) groups excluding carboxylic acids is 1. The monoisotopic (exact) mass is 277 g/mol.